The van der Waals surface area contributed by atoms with Crippen LogP contribution in [0.4, 0.5) is 0 Å². The van der Waals surface area contributed by atoms with Crippen molar-refractivity contribution in [1.82, 2.24) is 14.9 Å². The van der Waals surface area contributed by atoms with Gasteiger partial charge in [-0.15, -0.1) is 22.7 Å². The Labute approximate surface area is 157 Å². The predicted octanol–water partition coefficient (Wildman–Crippen LogP) is 4.43. The molecule has 0 aliphatic carbocycles. The van der Waals surface area contributed by atoms with Gasteiger partial charge in [0.25, 0.3) is 5.56 Å². The monoisotopic (exact) mass is 383 g/mol. The van der Waals surface area contributed by atoms with Gasteiger partial charge in [-0.05, 0) is 42.5 Å². The Morgan fingerprint density at radius 2 is 2.31 bits per heavy atom. The van der Waals surface area contributed by atoms with Gasteiger partial charge in [0.2, 0.25) is 0 Å². The second-order valence-corrected chi connectivity index (χ2v) is 8.37. The fourth-order valence-electron chi connectivity index (χ4n) is 3.65. The van der Waals surface area contributed by atoms with Crippen LogP contribution in [0.5, 0.6) is 0 Å². The summed E-state index contributed by atoms with van der Waals surface area (Å²) in [5, 5.41) is 4.72. The molecule has 4 aromatic heterocycles. The Balaban J connectivity index is 1.49. The van der Waals surface area contributed by atoms with Crippen LogP contribution in [0, 0.1) is 0 Å². The van der Waals surface area contributed by atoms with Gasteiger partial charge in [0, 0.05) is 28.4 Å². The molecule has 1 aliphatic heterocycles. The minimum atomic E-state index is -0.0986. The van der Waals surface area contributed by atoms with Gasteiger partial charge in [-0.1, -0.05) is 0 Å². The highest BCUT2D eigenvalue weighted by Crippen LogP contribution is 2.34. The van der Waals surface area contributed by atoms with Crippen LogP contribution >= 0.6 is 22.7 Å². The molecule has 0 saturated heterocycles. The third kappa shape index (κ3) is 2.55. The lowest BCUT2D eigenvalue weighted by atomic mass is 10.0. The van der Waals surface area contributed by atoms with Crippen molar-refractivity contribution in [2.24, 2.45) is 0 Å². The van der Waals surface area contributed by atoms with E-state index in [0.717, 1.165) is 29.2 Å². The van der Waals surface area contributed by atoms with Crippen LogP contribution in [0.25, 0.3) is 21.5 Å². The minimum absolute atomic E-state index is 0.0986. The summed E-state index contributed by atoms with van der Waals surface area (Å²) in [6, 6.07) is 6.24. The molecule has 5 nitrogen and oxygen atoms in total. The smallest absolute Gasteiger partial charge is 0.260 e. The number of furan rings is 1. The number of hydrogen-bond acceptors (Lipinski definition) is 6. The average Bonchev–Trinajstić information content (AvgIpc) is 3.36. The number of aromatic nitrogens is 2. The summed E-state index contributed by atoms with van der Waals surface area (Å²) in [6.07, 6.45) is 2.68. The van der Waals surface area contributed by atoms with Gasteiger partial charge < -0.3 is 9.40 Å². The maximum atomic E-state index is 12.7. The molecule has 5 rings (SSSR count). The summed E-state index contributed by atoms with van der Waals surface area (Å²) in [4.78, 5) is 25.0. The predicted molar refractivity (Wildman–Crippen MR) is 105 cm³/mol. The highest BCUT2D eigenvalue weighted by atomic mass is 32.1. The number of thiophene rings is 2. The fourth-order valence-corrected chi connectivity index (χ4v) is 5.56. The molecular formula is C19H17N3O2S2. The van der Waals surface area contributed by atoms with Gasteiger partial charge in [0.05, 0.1) is 18.2 Å². The molecule has 26 heavy (non-hydrogen) atoms. The van der Waals surface area contributed by atoms with E-state index in [4.69, 9.17) is 9.40 Å². The lowest BCUT2D eigenvalue weighted by Gasteiger charge is -2.33. The number of rotatable bonds is 3. The van der Waals surface area contributed by atoms with Crippen LogP contribution < -0.4 is 5.56 Å². The highest BCUT2D eigenvalue weighted by molar-refractivity contribution is 7.17. The van der Waals surface area contributed by atoms with E-state index >= 15 is 0 Å². The van der Waals surface area contributed by atoms with Crippen molar-refractivity contribution in [3.8, 4) is 11.3 Å². The van der Waals surface area contributed by atoms with E-state index in [-0.39, 0.29) is 5.56 Å². The maximum absolute atomic E-state index is 12.7. The molecule has 1 N–H and O–H groups in total. The molecule has 0 fully saturated rings. The molecule has 132 valence electrons. The molecule has 4 aromatic rings. The minimum Gasteiger partial charge on any atom is -0.464 e. The molecule has 5 heterocycles. The van der Waals surface area contributed by atoms with E-state index < -0.39 is 0 Å². The van der Waals surface area contributed by atoms with E-state index in [2.05, 4.69) is 28.3 Å². The molecule has 7 heteroatoms. The fraction of sp³-hybridized carbons (Fsp3) is 0.263. The number of H-pyrrole nitrogens is 1. The molecule has 0 radical (unpaired) electrons. The summed E-state index contributed by atoms with van der Waals surface area (Å²) in [5.74, 6) is 1.42. The highest BCUT2D eigenvalue weighted by Gasteiger charge is 2.25. The summed E-state index contributed by atoms with van der Waals surface area (Å²) < 4.78 is 5.45. The zero-order valence-electron chi connectivity index (χ0n) is 14.2. The standard InChI is InChI=1S/C19H17N3O2S2/c1-11-12-5-8-25-15(12)4-6-22(11)9-16-20-18(23)17-13(10-26-19(17)21-16)14-3-2-7-24-14/h2-3,5,7-8,10-11H,4,6,9H2,1H3,(H,20,21,23)/t11-/m1/s1. The molecule has 0 saturated carbocycles. The summed E-state index contributed by atoms with van der Waals surface area (Å²) in [6.45, 7) is 3.86. The van der Waals surface area contributed by atoms with Gasteiger partial charge >= 0.3 is 0 Å². The van der Waals surface area contributed by atoms with Gasteiger partial charge in [-0.25, -0.2) is 4.98 Å². The first-order chi connectivity index (χ1) is 12.7. The molecule has 1 atom stereocenters. The first-order valence-corrected chi connectivity index (χ1v) is 10.3. The van der Waals surface area contributed by atoms with Crippen molar-refractivity contribution in [3.63, 3.8) is 0 Å². The zero-order valence-corrected chi connectivity index (χ0v) is 15.8. The van der Waals surface area contributed by atoms with Crippen molar-refractivity contribution in [3.05, 3.63) is 61.8 Å². The number of aromatic amines is 1. The van der Waals surface area contributed by atoms with E-state index in [9.17, 15) is 4.79 Å². The number of fused-ring (bicyclic) bond motifs is 2. The topological polar surface area (TPSA) is 62.1 Å². The summed E-state index contributed by atoms with van der Waals surface area (Å²) in [5.41, 5.74) is 2.11. The van der Waals surface area contributed by atoms with Crippen LogP contribution in [0.15, 0.2) is 44.4 Å². The second kappa shape index (κ2) is 6.19. The Bertz CT molecular complexity index is 1120. The second-order valence-electron chi connectivity index (χ2n) is 6.52. The molecule has 0 bridgehead atoms. The third-order valence-corrected chi connectivity index (χ3v) is 6.90. The molecule has 0 spiro atoms. The van der Waals surface area contributed by atoms with Gasteiger partial charge in [-0.3, -0.25) is 9.69 Å². The molecule has 0 unspecified atom stereocenters. The van der Waals surface area contributed by atoms with Crippen LogP contribution in [0.1, 0.15) is 29.2 Å². The number of nitrogens with zero attached hydrogens (tertiary/aromatic N) is 2. The van der Waals surface area contributed by atoms with Crippen LogP contribution in [0.2, 0.25) is 0 Å². The maximum Gasteiger partial charge on any atom is 0.260 e. The van der Waals surface area contributed by atoms with E-state index in [0.29, 0.717) is 23.7 Å². The SMILES string of the molecule is C[C@@H]1c2ccsc2CCN1Cc1nc2scc(-c3ccco3)c2c(=O)[nH]1. The normalized spacial score (nSPS) is 17.7. The van der Waals surface area contributed by atoms with E-state index in [1.807, 2.05) is 28.8 Å². The summed E-state index contributed by atoms with van der Waals surface area (Å²) >= 11 is 3.32. The van der Waals surface area contributed by atoms with Gasteiger partial charge in [0.15, 0.2) is 0 Å². The lowest BCUT2D eigenvalue weighted by Crippen LogP contribution is -2.33. The van der Waals surface area contributed by atoms with Crippen molar-refractivity contribution < 1.29 is 4.42 Å². The van der Waals surface area contributed by atoms with Crippen LogP contribution in [-0.4, -0.2) is 21.4 Å². The lowest BCUT2D eigenvalue weighted by molar-refractivity contribution is 0.186. The summed E-state index contributed by atoms with van der Waals surface area (Å²) in [7, 11) is 0. The Morgan fingerprint density at radius 1 is 1.38 bits per heavy atom. The Morgan fingerprint density at radius 3 is 3.15 bits per heavy atom. The Kier molecular flexibility index (Phi) is 3.81. The van der Waals surface area contributed by atoms with Crippen molar-refractivity contribution >= 4 is 32.9 Å². The van der Waals surface area contributed by atoms with Crippen LogP contribution in [-0.2, 0) is 13.0 Å². The largest absolute Gasteiger partial charge is 0.464 e. The first kappa shape index (κ1) is 16.0. The van der Waals surface area contributed by atoms with Crippen molar-refractivity contribution in [2.45, 2.75) is 25.9 Å². The first-order valence-electron chi connectivity index (χ1n) is 8.55. The van der Waals surface area contributed by atoms with E-state index in [1.165, 1.54) is 21.8 Å². The molecule has 0 aromatic carbocycles. The quantitative estimate of drug-likeness (QED) is 0.569. The van der Waals surface area contributed by atoms with Crippen LogP contribution in [0.3, 0.4) is 0 Å². The van der Waals surface area contributed by atoms with Crippen molar-refractivity contribution in [1.29, 1.82) is 0 Å². The van der Waals surface area contributed by atoms with Gasteiger partial charge in [-0.2, -0.15) is 0 Å². The number of nitrogens with one attached hydrogen (secondary N) is 1. The zero-order chi connectivity index (χ0) is 17.7. The third-order valence-electron chi connectivity index (χ3n) is 5.04. The van der Waals surface area contributed by atoms with Gasteiger partial charge in [0.1, 0.15) is 16.4 Å². The van der Waals surface area contributed by atoms with E-state index in [1.54, 1.807) is 6.26 Å². The molecule has 1 aliphatic rings. The Hall–Kier alpha value is -2.22. The molecular weight excluding hydrogens is 366 g/mol. The number of hydrogen-bond donors (Lipinski definition) is 1. The van der Waals surface area contributed by atoms with Crippen molar-refractivity contribution in [2.75, 3.05) is 6.54 Å². The molecule has 0 amide bonds. The average molecular weight is 383 g/mol.